The predicted molar refractivity (Wildman–Crippen MR) is 76.9 cm³/mol. The number of amidine groups is 1. The zero-order valence-corrected chi connectivity index (χ0v) is 12.0. The Morgan fingerprint density at radius 3 is 2.76 bits per heavy atom. The molecular weight excluding hydrogens is 230 g/mol. The maximum absolute atomic E-state index is 4.69. The van der Waals surface area contributed by atoms with Crippen molar-refractivity contribution in [2.45, 2.75) is 44.1 Å². The van der Waals surface area contributed by atoms with Gasteiger partial charge in [-0.2, -0.15) is 0 Å². The number of unbranched alkanes of at least 4 members (excludes halogenated alkanes) is 1. The highest BCUT2D eigenvalue weighted by molar-refractivity contribution is 8.14. The van der Waals surface area contributed by atoms with Gasteiger partial charge in [-0.05, 0) is 46.3 Å². The van der Waals surface area contributed by atoms with Crippen LogP contribution in [-0.2, 0) is 0 Å². The quantitative estimate of drug-likeness (QED) is 0.764. The molecule has 98 valence electrons. The Hall–Kier alpha value is -0.220. The Bertz CT molecular complexity index is 270. The van der Waals surface area contributed by atoms with Crippen molar-refractivity contribution in [1.82, 2.24) is 10.2 Å². The topological polar surface area (TPSA) is 27.6 Å². The summed E-state index contributed by atoms with van der Waals surface area (Å²) in [6.45, 7) is 2.16. The first-order valence-electron chi connectivity index (χ1n) is 6.80. The van der Waals surface area contributed by atoms with Crippen LogP contribution in [0.3, 0.4) is 0 Å². The Morgan fingerprint density at radius 2 is 2.06 bits per heavy atom. The van der Waals surface area contributed by atoms with Crippen LogP contribution in [0.15, 0.2) is 4.99 Å². The highest BCUT2D eigenvalue weighted by Crippen LogP contribution is 2.37. The molecule has 2 aliphatic rings. The molecule has 2 rings (SSSR count). The van der Waals surface area contributed by atoms with Crippen LogP contribution in [-0.4, -0.2) is 48.5 Å². The Labute approximate surface area is 109 Å². The van der Waals surface area contributed by atoms with E-state index in [4.69, 9.17) is 0 Å². The minimum atomic E-state index is 0.424. The number of nitrogens with zero attached hydrogens (tertiary/aromatic N) is 2. The van der Waals surface area contributed by atoms with E-state index in [9.17, 15) is 0 Å². The van der Waals surface area contributed by atoms with Crippen LogP contribution in [0, 0.1) is 0 Å². The lowest BCUT2D eigenvalue weighted by molar-refractivity contribution is 0.395. The third-order valence-electron chi connectivity index (χ3n) is 3.69. The van der Waals surface area contributed by atoms with E-state index in [1.165, 1.54) is 56.0 Å². The maximum Gasteiger partial charge on any atom is 0.157 e. The fraction of sp³-hybridized carbons (Fsp3) is 0.923. The number of rotatable bonds is 5. The monoisotopic (exact) mass is 255 g/mol. The van der Waals surface area contributed by atoms with Crippen LogP contribution in [0.2, 0.25) is 0 Å². The molecule has 0 aromatic rings. The van der Waals surface area contributed by atoms with Gasteiger partial charge in [0.05, 0.1) is 0 Å². The summed E-state index contributed by atoms with van der Waals surface area (Å²) in [5.74, 6) is 1.24. The molecule has 0 bridgehead atoms. The van der Waals surface area contributed by atoms with Gasteiger partial charge in [-0.1, -0.05) is 24.6 Å². The summed E-state index contributed by atoms with van der Waals surface area (Å²) in [7, 11) is 4.26. The predicted octanol–water partition coefficient (Wildman–Crippen LogP) is 2.33. The van der Waals surface area contributed by atoms with Crippen molar-refractivity contribution in [1.29, 1.82) is 0 Å². The average molecular weight is 255 g/mol. The number of thioether (sulfide) groups is 1. The molecule has 0 radical (unpaired) electrons. The lowest BCUT2D eigenvalue weighted by atomic mass is 10.0. The molecule has 17 heavy (non-hydrogen) atoms. The molecule has 1 aliphatic heterocycles. The first kappa shape index (κ1) is 13.2. The van der Waals surface area contributed by atoms with Gasteiger partial charge in [-0.3, -0.25) is 4.99 Å². The third kappa shape index (κ3) is 3.88. The molecule has 1 spiro atoms. The molecule has 1 N–H and O–H groups in total. The molecule has 0 amide bonds. The Morgan fingerprint density at radius 1 is 1.29 bits per heavy atom. The van der Waals surface area contributed by atoms with E-state index in [-0.39, 0.29) is 0 Å². The SMILES string of the molecule is CN(C)CCCCN=C1NC2(CCCC2)CS1. The van der Waals surface area contributed by atoms with E-state index in [1.54, 1.807) is 0 Å². The van der Waals surface area contributed by atoms with Gasteiger partial charge in [0.25, 0.3) is 0 Å². The zero-order chi connectivity index (χ0) is 12.1. The van der Waals surface area contributed by atoms with Crippen molar-refractivity contribution in [2.24, 2.45) is 4.99 Å². The normalized spacial score (nSPS) is 25.0. The smallest absolute Gasteiger partial charge is 0.157 e. The average Bonchev–Trinajstić information content (AvgIpc) is 2.89. The van der Waals surface area contributed by atoms with Gasteiger partial charge in [0.15, 0.2) is 5.17 Å². The lowest BCUT2D eigenvalue weighted by Gasteiger charge is -2.21. The maximum atomic E-state index is 4.69. The second-order valence-electron chi connectivity index (χ2n) is 5.60. The summed E-state index contributed by atoms with van der Waals surface area (Å²) in [4.78, 5) is 6.93. The standard InChI is InChI=1S/C13H25N3S/c1-16(2)10-6-5-9-14-12-15-13(11-17-12)7-3-4-8-13/h3-11H2,1-2H3,(H,14,15). The van der Waals surface area contributed by atoms with Gasteiger partial charge in [0.2, 0.25) is 0 Å². The molecule has 1 saturated carbocycles. The first-order chi connectivity index (χ1) is 8.20. The van der Waals surface area contributed by atoms with E-state index in [1.807, 2.05) is 11.8 Å². The van der Waals surface area contributed by atoms with Crippen molar-refractivity contribution in [3.8, 4) is 0 Å². The molecule has 4 heteroatoms. The van der Waals surface area contributed by atoms with Gasteiger partial charge >= 0.3 is 0 Å². The van der Waals surface area contributed by atoms with Gasteiger partial charge < -0.3 is 10.2 Å². The van der Waals surface area contributed by atoms with E-state index < -0.39 is 0 Å². The number of nitrogens with one attached hydrogen (secondary N) is 1. The highest BCUT2D eigenvalue weighted by atomic mass is 32.2. The van der Waals surface area contributed by atoms with Crippen molar-refractivity contribution in [3.05, 3.63) is 0 Å². The molecule has 0 unspecified atom stereocenters. The minimum Gasteiger partial charge on any atom is -0.359 e. The van der Waals surface area contributed by atoms with Crippen molar-refractivity contribution >= 4 is 16.9 Å². The van der Waals surface area contributed by atoms with Gasteiger partial charge in [-0.25, -0.2) is 0 Å². The van der Waals surface area contributed by atoms with Crippen molar-refractivity contribution in [2.75, 3.05) is 32.9 Å². The molecule has 2 fully saturated rings. The molecular formula is C13H25N3S. The summed E-state index contributed by atoms with van der Waals surface area (Å²) in [5, 5.41) is 4.87. The Kier molecular flexibility index (Phi) is 4.74. The van der Waals surface area contributed by atoms with Gasteiger partial charge in [0.1, 0.15) is 0 Å². The molecule has 3 nitrogen and oxygen atoms in total. The summed E-state index contributed by atoms with van der Waals surface area (Å²) >= 11 is 1.93. The molecule has 1 aliphatic carbocycles. The highest BCUT2D eigenvalue weighted by Gasteiger charge is 2.39. The second kappa shape index (κ2) is 6.10. The van der Waals surface area contributed by atoms with E-state index in [2.05, 4.69) is 29.3 Å². The van der Waals surface area contributed by atoms with E-state index >= 15 is 0 Å². The largest absolute Gasteiger partial charge is 0.359 e. The number of hydrogen-bond acceptors (Lipinski definition) is 3. The molecule has 0 atom stereocenters. The van der Waals surface area contributed by atoms with Crippen LogP contribution in [0.5, 0.6) is 0 Å². The lowest BCUT2D eigenvalue weighted by Crippen LogP contribution is -2.40. The molecule has 1 saturated heterocycles. The van der Waals surface area contributed by atoms with E-state index in [0.717, 1.165) is 6.54 Å². The van der Waals surface area contributed by atoms with Crippen molar-refractivity contribution < 1.29 is 0 Å². The summed E-state index contributed by atoms with van der Waals surface area (Å²) in [6.07, 6.45) is 7.93. The van der Waals surface area contributed by atoms with Crippen LogP contribution in [0.25, 0.3) is 0 Å². The Balaban J connectivity index is 1.66. The molecule has 1 heterocycles. The van der Waals surface area contributed by atoms with Crippen LogP contribution >= 0.6 is 11.8 Å². The van der Waals surface area contributed by atoms with Gasteiger partial charge in [-0.15, -0.1) is 0 Å². The first-order valence-corrected chi connectivity index (χ1v) is 7.79. The molecule has 0 aromatic carbocycles. The summed E-state index contributed by atoms with van der Waals surface area (Å²) in [5.41, 5.74) is 0.424. The van der Waals surface area contributed by atoms with Crippen LogP contribution in [0.1, 0.15) is 38.5 Å². The van der Waals surface area contributed by atoms with Crippen LogP contribution in [0.4, 0.5) is 0 Å². The van der Waals surface area contributed by atoms with Crippen molar-refractivity contribution in [3.63, 3.8) is 0 Å². The summed E-state index contributed by atoms with van der Waals surface area (Å²) in [6, 6.07) is 0. The number of hydrogen-bond donors (Lipinski definition) is 1. The minimum absolute atomic E-state index is 0.424. The second-order valence-corrected chi connectivity index (χ2v) is 6.56. The van der Waals surface area contributed by atoms with E-state index in [0.29, 0.717) is 5.54 Å². The summed E-state index contributed by atoms with van der Waals surface area (Å²) < 4.78 is 0. The fourth-order valence-electron chi connectivity index (χ4n) is 2.63. The van der Waals surface area contributed by atoms with Gasteiger partial charge in [0, 0.05) is 17.8 Å². The zero-order valence-electron chi connectivity index (χ0n) is 11.2. The third-order valence-corrected chi connectivity index (χ3v) is 4.89. The molecule has 0 aromatic heterocycles. The number of aliphatic imine (C=N–C) groups is 1. The fourth-order valence-corrected chi connectivity index (χ4v) is 3.88. The van der Waals surface area contributed by atoms with Crippen LogP contribution < -0.4 is 5.32 Å².